The number of anilines is 1. The van der Waals surface area contributed by atoms with Gasteiger partial charge in [-0.1, -0.05) is 19.1 Å². The lowest BCUT2D eigenvalue weighted by atomic mass is 9.93. The first-order valence-corrected chi connectivity index (χ1v) is 9.50. The van der Waals surface area contributed by atoms with Crippen molar-refractivity contribution >= 4 is 28.5 Å². The Morgan fingerprint density at radius 1 is 1.38 bits per heavy atom. The number of allylic oxidation sites excluding steroid dienone is 1. The molecule has 0 aliphatic carbocycles. The number of nitrogens with zero attached hydrogens (tertiary/aromatic N) is 1. The van der Waals surface area contributed by atoms with Gasteiger partial charge >= 0.3 is 5.97 Å². The van der Waals surface area contributed by atoms with Crippen molar-refractivity contribution in [2.45, 2.75) is 41.0 Å². The summed E-state index contributed by atoms with van der Waals surface area (Å²) in [5.41, 5.74) is 6.33. The van der Waals surface area contributed by atoms with E-state index in [1.807, 2.05) is 13.8 Å². The number of nitrogens with one attached hydrogen (secondary N) is 1. The molecule has 0 saturated carbocycles. The Bertz CT molecular complexity index is 891. The highest BCUT2D eigenvalue weighted by atomic mass is 16.5. The van der Waals surface area contributed by atoms with Gasteiger partial charge in [-0.15, -0.1) is 6.58 Å². The lowest BCUT2D eigenvalue weighted by Crippen LogP contribution is -2.41. The topological polar surface area (TPSA) is 115 Å². The zero-order chi connectivity index (χ0) is 22.2. The maximum absolute atomic E-state index is 12.3. The van der Waals surface area contributed by atoms with Crippen molar-refractivity contribution in [2.24, 2.45) is 5.41 Å². The fourth-order valence-corrected chi connectivity index (χ4v) is 2.63. The lowest BCUT2D eigenvalue weighted by Gasteiger charge is -2.24. The predicted molar refractivity (Wildman–Crippen MR) is 116 cm³/mol. The highest BCUT2D eigenvalue weighted by molar-refractivity contribution is 6.06. The van der Waals surface area contributed by atoms with Gasteiger partial charge < -0.3 is 20.9 Å². The van der Waals surface area contributed by atoms with Crippen molar-refractivity contribution < 1.29 is 19.4 Å². The van der Waals surface area contributed by atoms with E-state index in [2.05, 4.69) is 16.9 Å². The molecule has 0 saturated heterocycles. The molecule has 2 aromatic rings. The van der Waals surface area contributed by atoms with E-state index in [0.29, 0.717) is 28.9 Å². The van der Waals surface area contributed by atoms with E-state index in [1.165, 1.54) is 0 Å². The van der Waals surface area contributed by atoms with Gasteiger partial charge in [0.1, 0.15) is 17.9 Å². The summed E-state index contributed by atoms with van der Waals surface area (Å²) in [5.74, 6) is -0.831. The van der Waals surface area contributed by atoms with Crippen LogP contribution in [-0.4, -0.2) is 35.1 Å². The minimum absolute atomic E-state index is 0.0338. The summed E-state index contributed by atoms with van der Waals surface area (Å²) in [4.78, 5) is 28.1. The SMILES string of the molecule is C=CC.CCCNC(=O)C(C)(C)COc1cccc2nc(C)c(C(=O)O)c(N)c12. The fraction of sp³-hybridized carbons (Fsp3) is 0.409. The Hall–Kier alpha value is -3.09. The Morgan fingerprint density at radius 2 is 2.00 bits per heavy atom. The number of benzene rings is 1. The summed E-state index contributed by atoms with van der Waals surface area (Å²) >= 11 is 0. The van der Waals surface area contributed by atoms with Gasteiger partial charge in [0.2, 0.25) is 5.91 Å². The van der Waals surface area contributed by atoms with E-state index < -0.39 is 11.4 Å². The Balaban J connectivity index is 0.00000132. The number of carbonyl (C=O) groups excluding carboxylic acids is 1. The number of pyridine rings is 1. The van der Waals surface area contributed by atoms with E-state index >= 15 is 0 Å². The second-order valence-corrected chi connectivity index (χ2v) is 7.28. The molecule has 7 heteroatoms. The zero-order valence-electron chi connectivity index (χ0n) is 17.8. The van der Waals surface area contributed by atoms with Crippen LogP contribution in [0.5, 0.6) is 5.75 Å². The normalized spacial score (nSPS) is 10.7. The van der Waals surface area contributed by atoms with Crippen LogP contribution in [0.3, 0.4) is 0 Å². The van der Waals surface area contributed by atoms with Crippen LogP contribution >= 0.6 is 0 Å². The molecule has 4 N–H and O–H groups in total. The van der Waals surface area contributed by atoms with Crippen LogP contribution in [0.4, 0.5) is 5.69 Å². The maximum atomic E-state index is 12.3. The number of amides is 1. The van der Waals surface area contributed by atoms with Crippen LogP contribution in [0.15, 0.2) is 30.9 Å². The molecule has 29 heavy (non-hydrogen) atoms. The van der Waals surface area contributed by atoms with Crippen molar-refractivity contribution in [1.29, 1.82) is 0 Å². The molecule has 0 aliphatic heterocycles. The molecule has 158 valence electrons. The first kappa shape index (κ1) is 23.9. The van der Waals surface area contributed by atoms with Crippen LogP contribution in [-0.2, 0) is 4.79 Å². The lowest BCUT2D eigenvalue weighted by molar-refractivity contribution is -0.130. The number of hydrogen-bond donors (Lipinski definition) is 3. The van der Waals surface area contributed by atoms with Crippen molar-refractivity contribution in [3.05, 3.63) is 42.1 Å². The molecule has 0 radical (unpaired) electrons. The van der Waals surface area contributed by atoms with Crippen molar-refractivity contribution in [1.82, 2.24) is 10.3 Å². The average Bonchev–Trinajstić information content (AvgIpc) is 2.64. The number of fused-ring (bicyclic) bond motifs is 1. The van der Waals surface area contributed by atoms with E-state index in [0.717, 1.165) is 6.42 Å². The first-order chi connectivity index (χ1) is 13.6. The molecule has 0 spiro atoms. The van der Waals surface area contributed by atoms with E-state index in [1.54, 1.807) is 45.0 Å². The summed E-state index contributed by atoms with van der Waals surface area (Å²) in [6, 6.07) is 5.20. The minimum Gasteiger partial charge on any atom is -0.492 e. The standard InChI is InChI=1S/C19H25N3O4.C3H6/c1-5-9-21-18(25)19(3,4)10-26-13-8-6-7-12-15(13)16(20)14(17(23)24)11(2)22-12;1-3-2/h6-8H,5,9-10H2,1-4H3,(H2,20,22)(H,21,25)(H,23,24);3H,1H2,2H3. The van der Waals surface area contributed by atoms with Gasteiger partial charge in [0.25, 0.3) is 0 Å². The van der Waals surface area contributed by atoms with E-state index in [-0.39, 0.29) is 23.8 Å². The van der Waals surface area contributed by atoms with Crippen LogP contribution < -0.4 is 15.8 Å². The minimum atomic E-state index is -1.14. The summed E-state index contributed by atoms with van der Waals surface area (Å²) in [5, 5.41) is 12.7. The molecule has 2 rings (SSSR count). The summed E-state index contributed by atoms with van der Waals surface area (Å²) in [6.07, 6.45) is 2.60. The number of ether oxygens (including phenoxy) is 1. The molecule has 1 aromatic heterocycles. The first-order valence-electron chi connectivity index (χ1n) is 9.50. The molecule has 0 bridgehead atoms. The molecule has 0 atom stereocenters. The molecule has 1 heterocycles. The van der Waals surface area contributed by atoms with E-state index in [9.17, 15) is 14.7 Å². The highest BCUT2D eigenvalue weighted by Crippen LogP contribution is 2.34. The van der Waals surface area contributed by atoms with Crippen molar-refractivity contribution in [2.75, 3.05) is 18.9 Å². The van der Waals surface area contributed by atoms with Gasteiger partial charge in [-0.2, -0.15) is 0 Å². The van der Waals surface area contributed by atoms with Gasteiger partial charge in [-0.05, 0) is 46.2 Å². The second kappa shape index (κ2) is 10.5. The molecular weight excluding hydrogens is 370 g/mol. The number of aryl methyl sites for hydroxylation is 1. The number of nitrogen functional groups attached to an aromatic ring is 1. The summed E-state index contributed by atoms with van der Waals surface area (Å²) in [6.45, 7) is 13.1. The van der Waals surface area contributed by atoms with Crippen molar-refractivity contribution in [3.63, 3.8) is 0 Å². The third-order valence-electron chi connectivity index (χ3n) is 4.15. The summed E-state index contributed by atoms with van der Waals surface area (Å²) in [7, 11) is 0. The molecular formula is C22H31N3O4. The number of hydrogen-bond acceptors (Lipinski definition) is 5. The third kappa shape index (κ3) is 5.94. The quantitative estimate of drug-likeness (QED) is 0.605. The van der Waals surface area contributed by atoms with Crippen LogP contribution in [0.1, 0.15) is 50.2 Å². The highest BCUT2D eigenvalue weighted by Gasteiger charge is 2.29. The van der Waals surface area contributed by atoms with Gasteiger partial charge in [0, 0.05) is 6.54 Å². The van der Waals surface area contributed by atoms with Crippen LogP contribution in [0, 0.1) is 12.3 Å². The van der Waals surface area contributed by atoms with Gasteiger partial charge in [0.05, 0.1) is 27.7 Å². The zero-order valence-corrected chi connectivity index (χ0v) is 17.8. The van der Waals surface area contributed by atoms with Crippen LogP contribution in [0.25, 0.3) is 10.9 Å². The molecule has 0 fully saturated rings. The third-order valence-corrected chi connectivity index (χ3v) is 4.15. The molecule has 0 aliphatic rings. The molecule has 1 aromatic carbocycles. The molecule has 1 amide bonds. The average molecular weight is 402 g/mol. The number of carboxylic acid groups (broad SMARTS) is 1. The number of rotatable bonds is 7. The number of aromatic nitrogens is 1. The largest absolute Gasteiger partial charge is 0.492 e. The fourth-order valence-electron chi connectivity index (χ4n) is 2.63. The maximum Gasteiger partial charge on any atom is 0.339 e. The number of nitrogens with two attached hydrogens (primary N) is 1. The Morgan fingerprint density at radius 3 is 2.55 bits per heavy atom. The smallest absolute Gasteiger partial charge is 0.339 e. The number of carboxylic acids is 1. The van der Waals surface area contributed by atoms with Crippen molar-refractivity contribution in [3.8, 4) is 5.75 Å². The van der Waals surface area contributed by atoms with Crippen LogP contribution in [0.2, 0.25) is 0 Å². The second-order valence-electron chi connectivity index (χ2n) is 7.28. The van der Waals surface area contributed by atoms with E-state index in [4.69, 9.17) is 10.5 Å². The van der Waals surface area contributed by atoms with Gasteiger partial charge in [-0.3, -0.25) is 9.78 Å². The molecule has 0 unspecified atom stereocenters. The summed E-state index contributed by atoms with van der Waals surface area (Å²) < 4.78 is 5.87. The van der Waals surface area contributed by atoms with Gasteiger partial charge in [0.15, 0.2) is 0 Å². The number of carbonyl (C=O) groups is 2. The van der Waals surface area contributed by atoms with Gasteiger partial charge in [-0.25, -0.2) is 4.79 Å². The Labute approximate surface area is 172 Å². The number of aromatic carboxylic acids is 1. The monoisotopic (exact) mass is 401 g/mol. The predicted octanol–water partition coefficient (Wildman–Crippen LogP) is 3.95. The Kier molecular flexibility index (Phi) is 8.63. The molecule has 7 nitrogen and oxygen atoms in total.